The maximum Gasteiger partial charge on any atom is 0.230 e. The third-order valence-corrected chi connectivity index (χ3v) is 0.0680. The predicted octanol–water partition coefficient (Wildman–Crippen LogP) is -2.45. The molecule has 0 saturated heterocycles. The van der Waals surface area contributed by atoms with Gasteiger partial charge in [-0.15, -0.1) is 0 Å². The van der Waals surface area contributed by atoms with Gasteiger partial charge in [0.2, 0.25) is 6.34 Å². The fourth-order valence-electron chi connectivity index (χ4n) is 0. The Morgan fingerprint density at radius 2 is 2.25 bits per heavy atom. The molecule has 0 aromatic rings. The Morgan fingerprint density at radius 3 is 2.25 bits per heavy atom. The molecule has 0 spiro atoms. The largest absolute Gasteiger partial charge is 0.718 e. The van der Waals surface area contributed by atoms with E-state index in [-0.39, 0.29) is 0 Å². The zero-order valence-electron chi connectivity index (χ0n) is 2.06. The van der Waals surface area contributed by atoms with E-state index in [1.54, 1.807) is 0 Å². The third-order valence-electron chi connectivity index (χ3n) is 0.0680. The second-order valence-corrected chi connectivity index (χ2v) is 0.285. The molecule has 0 aliphatic heterocycles. The summed E-state index contributed by atoms with van der Waals surface area (Å²) < 4.78 is 0. The first kappa shape index (κ1) is 3.27. The van der Waals surface area contributed by atoms with Crippen LogP contribution < -0.4 is 10.9 Å². The van der Waals surface area contributed by atoms with E-state index in [0.29, 0.717) is 0 Å². The Morgan fingerprint density at radius 1 is 2.00 bits per heavy atom. The van der Waals surface area contributed by atoms with Gasteiger partial charge in [0.1, 0.15) is 0 Å². The Kier molecular flexibility index (Phi) is 1.86. The van der Waals surface area contributed by atoms with E-state index in [1.165, 1.54) is 5.16 Å². The molecule has 0 aliphatic rings. The van der Waals surface area contributed by atoms with Gasteiger partial charge in [-0.3, -0.25) is 10.9 Å². The summed E-state index contributed by atoms with van der Waals surface area (Å²) in [5.74, 6) is 0. The molecule has 0 aromatic heterocycles. The fraction of sp³-hybridized carbons (Fsp3) is 0. The van der Waals surface area contributed by atoms with Crippen molar-refractivity contribution in [2.24, 2.45) is 5.73 Å². The van der Waals surface area contributed by atoms with Crippen LogP contribution in [0, 0.1) is 5.21 Å². The van der Waals surface area contributed by atoms with E-state index in [4.69, 9.17) is 5.21 Å². The quantitative estimate of drug-likeness (QED) is 0.141. The highest BCUT2D eigenvalue weighted by molar-refractivity contribution is 5.42. The average Bonchev–Trinajstić information content (AvgIpc) is 1.37. The van der Waals surface area contributed by atoms with Gasteiger partial charge in [0.25, 0.3) is 0 Å². The van der Waals surface area contributed by atoms with Gasteiger partial charge < -0.3 is 5.21 Å². The van der Waals surface area contributed by atoms with Crippen molar-refractivity contribution in [1.82, 2.24) is 0 Å². The van der Waals surface area contributed by atoms with E-state index >= 15 is 0 Å². The van der Waals surface area contributed by atoms with Crippen molar-refractivity contribution < 1.29 is 5.16 Å². The van der Waals surface area contributed by atoms with Crippen molar-refractivity contribution in [2.75, 3.05) is 0 Å². The Hall–Kier alpha value is -0.730. The summed E-state index contributed by atoms with van der Waals surface area (Å²) in [5, 5.41) is 10.2. The normalized spacial score (nSPS) is 9.00. The van der Waals surface area contributed by atoms with Crippen molar-refractivity contribution in [2.45, 2.75) is 0 Å². The molecule has 0 aliphatic carbocycles. The molecule has 3 N–H and O–H groups in total. The van der Waals surface area contributed by atoms with E-state index < -0.39 is 0 Å². The van der Waals surface area contributed by atoms with Gasteiger partial charge >= 0.3 is 0 Å². The Bertz CT molecular complexity index is 21.2. The first-order chi connectivity index (χ1) is 1.91. The summed E-state index contributed by atoms with van der Waals surface area (Å²) in [5.41, 5.74) is 4.48. The van der Waals surface area contributed by atoms with Gasteiger partial charge in [0.15, 0.2) is 0 Å². The van der Waals surface area contributed by atoms with E-state index in [0.717, 1.165) is 6.34 Å². The van der Waals surface area contributed by atoms with Gasteiger partial charge in [0.05, 0.1) is 0 Å². The Balaban J connectivity index is 2.55. The van der Waals surface area contributed by atoms with Crippen LogP contribution in [-0.2, 0) is 0 Å². The van der Waals surface area contributed by atoms with Crippen molar-refractivity contribution in [1.29, 1.82) is 0 Å². The summed E-state index contributed by atoms with van der Waals surface area (Å²) in [6.45, 7) is 0. The second kappa shape index (κ2) is 2.27. The minimum absolute atomic E-state index is 0.819. The lowest BCUT2D eigenvalue weighted by Gasteiger charge is -1.71. The highest BCUT2D eigenvalue weighted by Crippen LogP contribution is 0.717. The summed E-state index contributed by atoms with van der Waals surface area (Å²) in [4.78, 5) is 0. The van der Waals surface area contributed by atoms with Crippen LogP contribution in [0.2, 0.25) is 0 Å². The standard InChI is InChI=1S/CH4N2O/c2-1-3-4/h1,3H,2H2. The summed E-state index contributed by atoms with van der Waals surface area (Å²) in [7, 11) is 0. The molecule has 0 saturated carbocycles. The maximum atomic E-state index is 8.87. The zero-order chi connectivity index (χ0) is 3.41. The molecule has 0 amide bonds. The predicted molar refractivity (Wildman–Crippen MR) is 14.6 cm³/mol. The first-order valence-corrected chi connectivity index (χ1v) is 0.826. The molecule has 0 unspecified atom stereocenters. The SMILES string of the molecule is NC=[NH+][O-]. The second-order valence-electron chi connectivity index (χ2n) is 0.285. The molecule has 0 fully saturated rings. The molecule has 24 valence electrons. The lowest BCUT2D eigenvalue weighted by Crippen LogP contribution is -2.62. The molecular weight excluding hydrogens is 56.0 g/mol. The van der Waals surface area contributed by atoms with Crippen LogP contribution in [0.1, 0.15) is 0 Å². The lowest BCUT2D eigenvalue weighted by atomic mass is 11.4. The third kappa shape index (κ3) is 1.27. The molecular formula is CH4N2O. The monoisotopic (exact) mass is 60.0 g/mol. The Labute approximate surface area is 23.7 Å². The van der Waals surface area contributed by atoms with Gasteiger partial charge in [-0.25, -0.2) is 0 Å². The maximum absolute atomic E-state index is 8.87. The van der Waals surface area contributed by atoms with E-state index in [1.807, 2.05) is 0 Å². The lowest BCUT2D eigenvalue weighted by molar-refractivity contribution is -0.368. The number of hydrogen-bond acceptors (Lipinski definition) is 1. The molecule has 0 radical (unpaired) electrons. The van der Waals surface area contributed by atoms with Crippen LogP contribution in [0.5, 0.6) is 0 Å². The van der Waals surface area contributed by atoms with Gasteiger partial charge in [-0.05, 0) is 0 Å². The van der Waals surface area contributed by atoms with Gasteiger partial charge in [-0.1, -0.05) is 0 Å². The molecule has 0 rings (SSSR count). The number of hydrogen-bond donors (Lipinski definition) is 2. The molecule has 0 heterocycles. The van der Waals surface area contributed by atoms with Crippen molar-refractivity contribution in [3.63, 3.8) is 0 Å². The molecule has 3 heteroatoms. The smallest absolute Gasteiger partial charge is 0.230 e. The van der Waals surface area contributed by atoms with Crippen LogP contribution in [0.15, 0.2) is 0 Å². The molecule has 0 bridgehead atoms. The minimum atomic E-state index is 0.819. The fourth-order valence-corrected chi connectivity index (χ4v) is 0. The highest BCUT2D eigenvalue weighted by atomic mass is 16.4. The molecule has 3 nitrogen and oxygen atoms in total. The molecule has 0 atom stereocenters. The van der Waals surface area contributed by atoms with Gasteiger partial charge in [-0.2, -0.15) is 0 Å². The number of nitrogens with two attached hydrogens (primary N) is 1. The number of rotatable bonds is 0. The van der Waals surface area contributed by atoms with Crippen LogP contribution in [-0.4, -0.2) is 6.34 Å². The van der Waals surface area contributed by atoms with Crippen molar-refractivity contribution in [3.8, 4) is 0 Å². The highest BCUT2D eigenvalue weighted by Gasteiger charge is 1.31. The van der Waals surface area contributed by atoms with E-state index in [2.05, 4.69) is 5.73 Å². The summed E-state index contributed by atoms with van der Waals surface area (Å²) in [6, 6.07) is 0. The molecule has 4 heavy (non-hydrogen) atoms. The number of nitrogens with one attached hydrogen (secondary N) is 1. The van der Waals surface area contributed by atoms with Crippen LogP contribution in [0.25, 0.3) is 0 Å². The summed E-state index contributed by atoms with van der Waals surface area (Å²) in [6.07, 6.45) is 0.819. The molecule has 0 aromatic carbocycles. The summed E-state index contributed by atoms with van der Waals surface area (Å²) >= 11 is 0. The first-order valence-electron chi connectivity index (χ1n) is 0.826. The van der Waals surface area contributed by atoms with E-state index in [9.17, 15) is 0 Å². The van der Waals surface area contributed by atoms with Crippen molar-refractivity contribution in [3.05, 3.63) is 5.21 Å². The minimum Gasteiger partial charge on any atom is -0.718 e. The topological polar surface area (TPSA) is 63.0 Å². The van der Waals surface area contributed by atoms with Crippen LogP contribution >= 0.6 is 0 Å². The van der Waals surface area contributed by atoms with Crippen LogP contribution in [0.3, 0.4) is 0 Å². The zero-order valence-corrected chi connectivity index (χ0v) is 2.06. The van der Waals surface area contributed by atoms with Crippen LogP contribution in [0.4, 0.5) is 0 Å². The average molecular weight is 60.1 g/mol. The van der Waals surface area contributed by atoms with Gasteiger partial charge in [0, 0.05) is 0 Å². The van der Waals surface area contributed by atoms with Crippen molar-refractivity contribution >= 4 is 6.34 Å².